The lowest BCUT2D eigenvalue weighted by atomic mass is 10.1. The number of hydrogen-bond acceptors (Lipinski definition) is 2. The predicted octanol–water partition coefficient (Wildman–Crippen LogP) is 7.34. The Morgan fingerprint density at radius 2 is 1.62 bits per heavy atom. The largest absolute Gasteiger partial charge is 0.488 e. The summed E-state index contributed by atoms with van der Waals surface area (Å²) in [6.45, 7) is 3.16. The van der Waals surface area contributed by atoms with Crippen LogP contribution in [0.3, 0.4) is 0 Å². The van der Waals surface area contributed by atoms with Gasteiger partial charge in [0, 0.05) is 38.8 Å². The molecule has 0 spiro atoms. The molecule has 0 heterocycles. The molecule has 0 radical (unpaired) electrons. The fraction of sp³-hybridized carbons (Fsp3) is 0.250. The van der Waals surface area contributed by atoms with E-state index >= 15 is 0 Å². The third-order valence-electron chi connectivity index (χ3n) is 4.81. The zero-order valence-corrected chi connectivity index (χ0v) is 18.6. The lowest BCUT2D eigenvalue weighted by Gasteiger charge is -2.17. The highest BCUT2D eigenvalue weighted by molar-refractivity contribution is 6.36. The zero-order valence-electron chi connectivity index (χ0n) is 16.3. The van der Waals surface area contributed by atoms with Crippen molar-refractivity contribution in [2.45, 2.75) is 39.0 Å². The molecule has 2 nitrogen and oxygen atoms in total. The van der Waals surface area contributed by atoms with Crippen LogP contribution in [0.1, 0.15) is 30.0 Å². The Bertz CT molecular complexity index is 910. The van der Waals surface area contributed by atoms with E-state index in [1.54, 1.807) is 0 Å². The van der Waals surface area contributed by atoms with Crippen LogP contribution in [0.15, 0.2) is 66.7 Å². The van der Waals surface area contributed by atoms with Gasteiger partial charge in [0.15, 0.2) is 0 Å². The van der Waals surface area contributed by atoms with Gasteiger partial charge in [-0.1, -0.05) is 71.2 Å². The summed E-state index contributed by atoms with van der Waals surface area (Å²) in [5, 5.41) is 5.44. The molecule has 0 unspecified atom stereocenters. The fourth-order valence-electron chi connectivity index (χ4n) is 3.06. The molecule has 0 aliphatic rings. The molecule has 29 heavy (non-hydrogen) atoms. The molecule has 0 saturated carbocycles. The first-order valence-electron chi connectivity index (χ1n) is 9.64. The molecular formula is C24H24Cl3NO. The van der Waals surface area contributed by atoms with E-state index < -0.39 is 0 Å². The third kappa shape index (κ3) is 6.65. The summed E-state index contributed by atoms with van der Waals surface area (Å²) in [5.74, 6) is 0.771. The van der Waals surface area contributed by atoms with Gasteiger partial charge in [0.1, 0.15) is 12.4 Å². The zero-order chi connectivity index (χ0) is 20.6. The second kappa shape index (κ2) is 10.9. The van der Waals surface area contributed by atoms with Crippen molar-refractivity contribution in [3.05, 3.63) is 98.5 Å². The number of halogens is 3. The average molecular weight is 449 g/mol. The number of hydrogen-bond donors (Lipinski definition) is 1. The lowest BCUT2D eigenvalue weighted by molar-refractivity contribution is 0.301. The third-order valence-corrected chi connectivity index (χ3v) is 5.75. The van der Waals surface area contributed by atoms with E-state index in [9.17, 15) is 0 Å². The molecule has 0 aliphatic carbocycles. The van der Waals surface area contributed by atoms with Crippen LogP contribution >= 0.6 is 34.8 Å². The van der Waals surface area contributed by atoms with E-state index in [-0.39, 0.29) is 0 Å². The molecule has 3 aromatic rings. The molecule has 0 aliphatic heterocycles. The van der Waals surface area contributed by atoms with Gasteiger partial charge < -0.3 is 10.1 Å². The van der Waals surface area contributed by atoms with Gasteiger partial charge in [0.25, 0.3) is 0 Å². The standard InChI is InChI=1S/C24H24Cl3NO/c1-17(10-11-18-6-3-2-4-7-18)28-15-19-14-20(25)12-13-24(19)29-16-21-22(26)8-5-9-23(21)27/h2-9,12-14,17,28H,10-11,15-16H2,1H3/t17-/m0/s1. The topological polar surface area (TPSA) is 21.3 Å². The SMILES string of the molecule is C[C@@H](CCc1ccccc1)NCc1cc(Cl)ccc1OCc1c(Cl)cccc1Cl. The maximum Gasteiger partial charge on any atom is 0.124 e. The van der Waals surface area contributed by atoms with Crippen LogP contribution in [-0.4, -0.2) is 6.04 Å². The average Bonchev–Trinajstić information content (AvgIpc) is 2.72. The molecule has 3 aromatic carbocycles. The van der Waals surface area contributed by atoms with Crippen LogP contribution in [-0.2, 0) is 19.6 Å². The minimum absolute atomic E-state index is 0.302. The molecule has 0 saturated heterocycles. The summed E-state index contributed by atoms with van der Waals surface area (Å²) in [5.41, 5.74) is 3.14. The van der Waals surface area contributed by atoms with Gasteiger partial charge >= 0.3 is 0 Å². The van der Waals surface area contributed by atoms with Gasteiger partial charge in [-0.3, -0.25) is 0 Å². The van der Waals surface area contributed by atoms with E-state index in [1.165, 1.54) is 5.56 Å². The van der Waals surface area contributed by atoms with E-state index in [1.807, 2.05) is 42.5 Å². The molecule has 5 heteroatoms. The Labute approximate surface area is 187 Å². The first kappa shape index (κ1) is 22.0. The van der Waals surface area contributed by atoms with Crippen molar-refractivity contribution in [2.24, 2.45) is 0 Å². The normalized spacial score (nSPS) is 12.0. The second-order valence-corrected chi connectivity index (χ2v) is 8.30. The van der Waals surface area contributed by atoms with Crippen LogP contribution in [0, 0.1) is 0 Å². The van der Waals surface area contributed by atoms with Gasteiger partial charge in [-0.2, -0.15) is 0 Å². The van der Waals surface area contributed by atoms with Crippen LogP contribution in [0.2, 0.25) is 15.1 Å². The Hall–Kier alpha value is -1.71. The molecule has 0 amide bonds. The molecule has 1 N–H and O–H groups in total. The maximum absolute atomic E-state index is 6.25. The fourth-order valence-corrected chi connectivity index (χ4v) is 3.76. The number of benzene rings is 3. The summed E-state index contributed by atoms with van der Waals surface area (Å²) in [6, 6.07) is 22.0. The Morgan fingerprint density at radius 1 is 0.897 bits per heavy atom. The molecular weight excluding hydrogens is 425 g/mol. The van der Waals surface area contributed by atoms with Crippen molar-refractivity contribution >= 4 is 34.8 Å². The number of aryl methyl sites for hydroxylation is 1. The van der Waals surface area contributed by atoms with Gasteiger partial charge in [-0.15, -0.1) is 0 Å². The van der Waals surface area contributed by atoms with Crippen LogP contribution < -0.4 is 10.1 Å². The smallest absolute Gasteiger partial charge is 0.124 e. The van der Waals surface area contributed by atoms with Crippen molar-refractivity contribution in [2.75, 3.05) is 0 Å². The quantitative estimate of drug-likeness (QED) is 0.370. The summed E-state index contributed by atoms with van der Waals surface area (Å²) >= 11 is 18.7. The van der Waals surface area contributed by atoms with E-state index in [0.29, 0.717) is 34.3 Å². The van der Waals surface area contributed by atoms with Crippen LogP contribution in [0.4, 0.5) is 0 Å². The van der Waals surface area contributed by atoms with E-state index in [0.717, 1.165) is 29.7 Å². The summed E-state index contributed by atoms with van der Waals surface area (Å²) in [4.78, 5) is 0. The Balaban J connectivity index is 1.59. The van der Waals surface area contributed by atoms with Crippen molar-refractivity contribution in [1.82, 2.24) is 5.32 Å². The first-order valence-corrected chi connectivity index (χ1v) is 10.8. The first-order chi connectivity index (χ1) is 14.0. The summed E-state index contributed by atoms with van der Waals surface area (Å²) < 4.78 is 6.03. The van der Waals surface area contributed by atoms with Crippen LogP contribution in [0.5, 0.6) is 5.75 Å². The van der Waals surface area contributed by atoms with Gasteiger partial charge in [0.2, 0.25) is 0 Å². The maximum atomic E-state index is 6.25. The Kier molecular flexibility index (Phi) is 8.26. The van der Waals surface area contributed by atoms with Crippen LogP contribution in [0.25, 0.3) is 0 Å². The monoisotopic (exact) mass is 447 g/mol. The van der Waals surface area contributed by atoms with Gasteiger partial charge in [-0.25, -0.2) is 0 Å². The van der Waals surface area contributed by atoms with E-state index in [4.69, 9.17) is 39.5 Å². The number of rotatable bonds is 9. The van der Waals surface area contributed by atoms with Crippen molar-refractivity contribution in [1.29, 1.82) is 0 Å². The highest BCUT2D eigenvalue weighted by Gasteiger charge is 2.11. The minimum atomic E-state index is 0.302. The highest BCUT2D eigenvalue weighted by atomic mass is 35.5. The molecule has 3 rings (SSSR count). The molecule has 1 atom stereocenters. The van der Waals surface area contributed by atoms with Crippen molar-refractivity contribution in [3.63, 3.8) is 0 Å². The summed E-state index contributed by atoms with van der Waals surface area (Å²) in [7, 11) is 0. The predicted molar refractivity (Wildman–Crippen MR) is 123 cm³/mol. The lowest BCUT2D eigenvalue weighted by Crippen LogP contribution is -2.26. The van der Waals surface area contributed by atoms with Crippen molar-refractivity contribution in [3.8, 4) is 5.75 Å². The van der Waals surface area contributed by atoms with Gasteiger partial charge in [-0.05, 0) is 55.7 Å². The Morgan fingerprint density at radius 3 is 2.34 bits per heavy atom. The second-order valence-electron chi connectivity index (χ2n) is 7.05. The highest BCUT2D eigenvalue weighted by Crippen LogP contribution is 2.28. The van der Waals surface area contributed by atoms with Crippen molar-refractivity contribution < 1.29 is 4.74 Å². The summed E-state index contributed by atoms with van der Waals surface area (Å²) in [6.07, 6.45) is 2.09. The minimum Gasteiger partial charge on any atom is -0.488 e. The molecule has 0 bridgehead atoms. The molecule has 152 valence electrons. The van der Waals surface area contributed by atoms with Gasteiger partial charge in [0.05, 0.1) is 0 Å². The molecule has 0 fully saturated rings. The van der Waals surface area contributed by atoms with E-state index in [2.05, 4.69) is 36.5 Å². The molecule has 0 aromatic heterocycles. The number of nitrogens with one attached hydrogen (secondary N) is 1. The number of ether oxygens (including phenoxy) is 1.